The van der Waals surface area contributed by atoms with Crippen LogP contribution in [0.2, 0.25) is 0 Å². The van der Waals surface area contributed by atoms with Gasteiger partial charge >= 0.3 is 0 Å². The summed E-state index contributed by atoms with van der Waals surface area (Å²) in [4.78, 5) is 26.4. The zero-order valence-corrected chi connectivity index (χ0v) is 14.6. The van der Waals surface area contributed by atoms with Gasteiger partial charge in [-0.25, -0.2) is 0 Å². The fraction of sp³-hybridized carbons (Fsp3) is 0.722. The number of rotatable bonds is 5. The molecule has 6 nitrogen and oxygen atoms in total. The fourth-order valence-corrected chi connectivity index (χ4v) is 3.92. The highest BCUT2D eigenvalue weighted by Crippen LogP contribution is 2.26. The summed E-state index contributed by atoms with van der Waals surface area (Å²) < 4.78 is 5.09. The molecule has 0 unspecified atom stereocenters. The van der Waals surface area contributed by atoms with Crippen molar-refractivity contribution in [2.45, 2.75) is 64.8 Å². The van der Waals surface area contributed by atoms with Crippen LogP contribution in [0.15, 0.2) is 4.52 Å². The van der Waals surface area contributed by atoms with Crippen molar-refractivity contribution in [2.24, 2.45) is 5.92 Å². The van der Waals surface area contributed by atoms with Crippen molar-refractivity contribution in [2.75, 3.05) is 13.1 Å². The smallest absolute Gasteiger partial charge is 0.224 e. The monoisotopic (exact) mass is 333 g/mol. The number of aryl methyl sites for hydroxylation is 2. The summed E-state index contributed by atoms with van der Waals surface area (Å²) in [5, 5.41) is 6.87. The molecule has 1 saturated heterocycles. The van der Waals surface area contributed by atoms with Gasteiger partial charge < -0.3 is 14.7 Å². The molecule has 132 valence electrons. The minimum Gasteiger partial charge on any atom is -0.361 e. The van der Waals surface area contributed by atoms with E-state index in [0.717, 1.165) is 17.8 Å². The second kappa shape index (κ2) is 7.36. The van der Waals surface area contributed by atoms with Gasteiger partial charge in [0.05, 0.1) is 18.2 Å². The molecule has 2 amide bonds. The highest BCUT2D eigenvalue weighted by molar-refractivity contribution is 5.83. The maximum Gasteiger partial charge on any atom is 0.224 e. The zero-order valence-electron chi connectivity index (χ0n) is 14.6. The lowest BCUT2D eigenvalue weighted by atomic mass is 9.89. The van der Waals surface area contributed by atoms with Gasteiger partial charge in [-0.1, -0.05) is 24.4 Å². The Hall–Kier alpha value is -1.85. The van der Waals surface area contributed by atoms with Gasteiger partial charge in [0, 0.05) is 25.1 Å². The van der Waals surface area contributed by atoms with Gasteiger partial charge in [0.1, 0.15) is 5.76 Å². The summed E-state index contributed by atoms with van der Waals surface area (Å²) in [5.41, 5.74) is 1.60. The molecule has 1 aliphatic carbocycles. The summed E-state index contributed by atoms with van der Waals surface area (Å²) in [5.74, 6) is 1.42. The predicted octanol–water partition coefficient (Wildman–Crippen LogP) is 2.13. The van der Waals surface area contributed by atoms with Crippen LogP contribution in [0.1, 0.15) is 55.5 Å². The molecule has 0 radical (unpaired) electrons. The van der Waals surface area contributed by atoms with Crippen molar-refractivity contribution in [3.8, 4) is 0 Å². The van der Waals surface area contributed by atoms with Gasteiger partial charge in [0.25, 0.3) is 0 Å². The standard InChI is InChI=1S/C18H27N3O3/c1-12-16(13(2)24-20-12)9-17(22)19-15-8-18(23)21(11-15)10-14-6-4-3-5-7-14/h14-15H,3-11H2,1-2H3,(H,19,22)/t15-/m1/s1. The van der Waals surface area contributed by atoms with Crippen LogP contribution in [0.4, 0.5) is 0 Å². The third kappa shape index (κ3) is 3.97. The number of carbonyl (C=O) groups excluding carboxylic acids is 2. The zero-order chi connectivity index (χ0) is 17.1. The maximum atomic E-state index is 12.3. The van der Waals surface area contributed by atoms with Crippen LogP contribution in [0, 0.1) is 19.8 Å². The molecule has 0 aromatic carbocycles. The van der Waals surface area contributed by atoms with E-state index < -0.39 is 0 Å². The van der Waals surface area contributed by atoms with Crippen molar-refractivity contribution in [1.82, 2.24) is 15.4 Å². The minimum atomic E-state index is -0.0749. The quantitative estimate of drug-likeness (QED) is 0.896. The van der Waals surface area contributed by atoms with Crippen LogP contribution in [0.5, 0.6) is 0 Å². The molecule has 0 bridgehead atoms. The number of hydrogen-bond acceptors (Lipinski definition) is 4. The maximum absolute atomic E-state index is 12.3. The molecule has 2 fully saturated rings. The molecule has 0 spiro atoms. The highest BCUT2D eigenvalue weighted by atomic mass is 16.5. The Morgan fingerprint density at radius 1 is 1.29 bits per heavy atom. The molecular formula is C18H27N3O3. The summed E-state index contributed by atoms with van der Waals surface area (Å²) in [6.07, 6.45) is 7.02. The van der Waals surface area contributed by atoms with Gasteiger partial charge in [-0.05, 0) is 32.6 Å². The third-order valence-electron chi connectivity index (χ3n) is 5.30. The Morgan fingerprint density at radius 2 is 2.04 bits per heavy atom. The molecule has 1 aromatic heterocycles. The van der Waals surface area contributed by atoms with E-state index in [1.807, 2.05) is 18.7 Å². The Morgan fingerprint density at radius 3 is 2.71 bits per heavy atom. The molecule has 1 aromatic rings. The average molecular weight is 333 g/mol. The van der Waals surface area contributed by atoms with E-state index in [1.165, 1.54) is 32.1 Å². The predicted molar refractivity (Wildman–Crippen MR) is 89.4 cm³/mol. The van der Waals surface area contributed by atoms with Crippen LogP contribution in [-0.2, 0) is 16.0 Å². The topological polar surface area (TPSA) is 75.4 Å². The largest absolute Gasteiger partial charge is 0.361 e. The number of likely N-dealkylation sites (tertiary alicyclic amines) is 1. The third-order valence-corrected chi connectivity index (χ3v) is 5.30. The van der Waals surface area contributed by atoms with Crippen molar-refractivity contribution in [1.29, 1.82) is 0 Å². The van der Waals surface area contributed by atoms with Gasteiger partial charge in [-0.15, -0.1) is 0 Å². The van der Waals surface area contributed by atoms with Gasteiger partial charge in [-0.3, -0.25) is 9.59 Å². The van der Waals surface area contributed by atoms with Crippen LogP contribution >= 0.6 is 0 Å². The van der Waals surface area contributed by atoms with Gasteiger partial charge in [0.2, 0.25) is 11.8 Å². The van der Waals surface area contributed by atoms with Crippen molar-refractivity contribution >= 4 is 11.8 Å². The molecule has 6 heteroatoms. The first-order valence-electron chi connectivity index (χ1n) is 9.02. The number of carbonyl (C=O) groups is 2. The lowest BCUT2D eigenvalue weighted by Gasteiger charge is -2.27. The normalized spacial score (nSPS) is 22.2. The Bertz CT molecular complexity index is 585. The van der Waals surface area contributed by atoms with Gasteiger partial charge in [-0.2, -0.15) is 0 Å². The lowest BCUT2D eigenvalue weighted by molar-refractivity contribution is -0.128. The molecule has 1 atom stereocenters. The first-order valence-corrected chi connectivity index (χ1v) is 9.02. The Labute approximate surface area is 142 Å². The van der Waals surface area contributed by atoms with E-state index in [2.05, 4.69) is 10.5 Å². The number of nitrogens with zero attached hydrogens (tertiary/aromatic N) is 2. The summed E-state index contributed by atoms with van der Waals surface area (Å²) >= 11 is 0. The van der Waals surface area contributed by atoms with Crippen LogP contribution in [0.3, 0.4) is 0 Å². The van der Waals surface area contributed by atoms with E-state index in [1.54, 1.807) is 0 Å². The van der Waals surface area contributed by atoms with E-state index in [9.17, 15) is 9.59 Å². The number of nitrogens with one attached hydrogen (secondary N) is 1. The van der Waals surface area contributed by atoms with Crippen molar-refractivity contribution in [3.05, 3.63) is 17.0 Å². The average Bonchev–Trinajstić information content (AvgIpc) is 3.05. The van der Waals surface area contributed by atoms with E-state index >= 15 is 0 Å². The molecule has 24 heavy (non-hydrogen) atoms. The second-order valence-electron chi connectivity index (χ2n) is 7.25. The molecule has 3 rings (SSSR count). The summed E-state index contributed by atoms with van der Waals surface area (Å²) in [6, 6.07) is -0.0749. The van der Waals surface area contributed by atoms with E-state index in [-0.39, 0.29) is 24.3 Å². The van der Waals surface area contributed by atoms with Crippen molar-refractivity contribution < 1.29 is 14.1 Å². The molecule has 2 heterocycles. The molecule has 2 aliphatic rings. The minimum absolute atomic E-state index is 0.0679. The summed E-state index contributed by atoms with van der Waals surface area (Å²) in [6.45, 7) is 5.15. The molecule has 1 N–H and O–H groups in total. The lowest BCUT2D eigenvalue weighted by Crippen LogP contribution is -2.39. The van der Waals surface area contributed by atoms with Crippen LogP contribution in [-0.4, -0.2) is 41.0 Å². The Kier molecular flexibility index (Phi) is 5.21. The molecular weight excluding hydrogens is 306 g/mol. The van der Waals surface area contributed by atoms with E-state index in [0.29, 0.717) is 24.6 Å². The number of hydrogen-bond donors (Lipinski definition) is 1. The first kappa shape index (κ1) is 17.0. The first-order chi connectivity index (χ1) is 11.5. The van der Waals surface area contributed by atoms with Crippen LogP contribution in [0.25, 0.3) is 0 Å². The van der Waals surface area contributed by atoms with E-state index in [4.69, 9.17) is 4.52 Å². The molecule has 1 aliphatic heterocycles. The highest BCUT2D eigenvalue weighted by Gasteiger charge is 2.32. The number of aromatic nitrogens is 1. The van der Waals surface area contributed by atoms with Crippen LogP contribution < -0.4 is 5.32 Å². The fourth-order valence-electron chi connectivity index (χ4n) is 3.92. The molecule has 1 saturated carbocycles. The second-order valence-corrected chi connectivity index (χ2v) is 7.25. The van der Waals surface area contributed by atoms with Crippen molar-refractivity contribution in [3.63, 3.8) is 0 Å². The number of amides is 2. The summed E-state index contributed by atoms with van der Waals surface area (Å²) in [7, 11) is 0. The SMILES string of the molecule is Cc1noc(C)c1CC(=O)N[C@@H]1CC(=O)N(CC2CCCCC2)C1. The van der Waals surface area contributed by atoms with Gasteiger partial charge in [0.15, 0.2) is 0 Å². The Balaban J connectivity index is 1.49.